The van der Waals surface area contributed by atoms with Gasteiger partial charge < -0.3 is 13.9 Å². The van der Waals surface area contributed by atoms with Crippen molar-refractivity contribution in [1.82, 2.24) is 9.13 Å². The number of hydrogen-bond acceptors (Lipinski definition) is 1. The van der Waals surface area contributed by atoms with Crippen LogP contribution in [-0.2, 0) is 17.8 Å². The molecule has 0 fully saturated rings. The lowest BCUT2D eigenvalue weighted by Crippen LogP contribution is -2.04. The summed E-state index contributed by atoms with van der Waals surface area (Å²) in [5, 5.41) is 0. The highest BCUT2D eigenvalue weighted by Gasteiger charge is 1.92. The number of nitrogens with zero attached hydrogens (tertiary/aromatic N) is 2. The third kappa shape index (κ3) is 4.49. The van der Waals surface area contributed by atoms with Gasteiger partial charge in [0, 0.05) is 51.1 Å². The smallest absolute Gasteiger partial charge is 0.0483 e. The van der Waals surface area contributed by atoms with Gasteiger partial charge in [0.05, 0.1) is 0 Å². The first-order valence-corrected chi connectivity index (χ1v) is 6.24. The Labute approximate surface area is 103 Å². The molecule has 0 aromatic carbocycles. The van der Waals surface area contributed by atoms with Crippen molar-refractivity contribution in [2.24, 2.45) is 0 Å². The standard InChI is InChI=1S/C14H20N2O/c1-2-8-15(7-1)11-5-13-17-14-6-12-16-9-3-4-10-16/h1-4,7-10H,5-6,11-14H2. The van der Waals surface area contributed by atoms with Gasteiger partial charge in [-0.05, 0) is 37.1 Å². The summed E-state index contributed by atoms with van der Waals surface area (Å²) in [6, 6.07) is 8.21. The molecule has 0 aliphatic heterocycles. The Balaban J connectivity index is 1.44. The van der Waals surface area contributed by atoms with Gasteiger partial charge in [-0.1, -0.05) is 0 Å². The summed E-state index contributed by atoms with van der Waals surface area (Å²) < 4.78 is 9.97. The largest absolute Gasteiger partial charge is 0.381 e. The molecule has 2 rings (SSSR count). The molecule has 0 amide bonds. The summed E-state index contributed by atoms with van der Waals surface area (Å²) in [6.07, 6.45) is 10.5. The van der Waals surface area contributed by atoms with Crippen molar-refractivity contribution in [2.45, 2.75) is 25.9 Å². The molecular formula is C14H20N2O. The third-order valence-corrected chi connectivity index (χ3v) is 2.74. The predicted octanol–water partition coefficient (Wildman–Crippen LogP) is 2.79. The lowest BCUT2D eigenvalue weighted by Gasteiger charge is -2.06. The van der Waals surface area contributed by atoms with Crippen LogP contribution in [0.2, 0.25) is 0 Å². The zero-order valence-electron chi connectivity index (χ0n) is 10.2. The van der Waals surface area contributed by atoms with Crippen molar-refractivity contribution in [3.63, 3.8) is 0 Å². The van der Waals surface area contributed by atoms with E-state index in [-0.39, 0.29) is 0 Å². The molecule has 0 saturated carbocycles. The molecule has 0 bridgehead atoms. The molecule has 0 aliphatic rings. The van der Waals surface area contributed by atoms with Crippen LogP contribution in [0.25, 0.3) is 0 Å². The molecule has 0 radical (unpaired) electrons. The van der Waals surface area contributed by atoms with E-state index in [1.807, 2.05) is 0 Å². The Morgan fingerprint density at radius 3 is 1.47 bits per heavy atom. The zero-order chi connectivity index (χ0) is 11.8. The lowest BCUT2D eigenvalue weighted by molar-refractivity contribution is 0.123. The fourth-order valence-corrected chi connectivity index (χ4v) is 1.84. The normalized spacial score (nSPS) is 10.8. The van der Waals surface area contributed by atoms with Crippen molar-refractivity contribution < 1.29 is 4.74 Å². The molecule has 2 aromatic rings. The minimum Gasteiger partial charge on any atom is -0.381 e. The zero-order valence-corrected chi connectivity index (χ0v) is 10.2. The highest BCUT2D eigenvalue weighted by Crippen LogP contribution is 1.96. The summed E-state index contributed by atoms with van der Waals surface area (Å²) in [6.45, 7) is 3.79. The van der Waals surface area contributed by atoms with Crippen molar-refractivity contribution in [2.75, 3.05) is 13.2 Å². The Bertz CT molecular complexity index is 340. The molecule has 3 nitrogen and oxygen atoms in total. The number of hydrogen-bond donors (Lipinski definition) is 0. The Hall–Kier alpha value is -1.48. The van der Waals surface area contributed by atoms with Gasteiger partial charge in [-0.15, -0.1) is 0 Å². The average Bonchev–Trinajstić information content (AvgIpc) is 3.00. The second-order valence-electron chi connectivity index (χ2n) is 4.16. The van der Waals surface area contributed by atoms with E-state index in [1.165, 1.54) is 0 Å². The molecule has 0 N–H and O–H groups in total. The molecule has 0 unspecified atom stereocenters. The van der Waals surface area contributed by atoms with Gasteiger partial charge in [0.15, 0.2) is 0 Å². The molecule has 0 atom stereocenters. The second kappa shape index (κ2) is 6.97. The van der Waals surface area contributed by atoms with Gasteiger partial charge in [-0.2, -0.15) is 0 Å². The maximum Gasteiger partial charge on any atom is 0.0483 e. The first-order valence-electron chi connectivity index (χ1n) is 6.24. The van der Waals surface area contributed by atoms with Gasteiger partial charge in [0.2, 0.25) is 0 Å². The van der Waals surface area contributed by atoms with E-state index in [0.29, 0.717) is 0 Å². The van der Waals surface area contributed by atoms with E-state index >= 15 is 0 Å². The fourth-order valence-electron chi connectivity index (χ4n) is 1.84. The Morgan fingerprint density at radius 1 is 0.647 bits per heavy atom. The second-order valence-corrected chi connectivity index (χ2v) is 4.16. The first kappa shape index (κ1) is 12.0. The van der Waals surface area contributed by atoms with Crippen molar-refractivity contribution in [3.05, 3.63) is 49.1 Å². The number of aryl methyl sites for hydroxylation is 2. The van der Waals surface area contributed by atoms with E-state index in [0.717, 1.165) is 39.1 Å². The SMILES string of the molecule is c1ccn(CCCOCCCn2cccc2)c1. The maximum atomic E-state index is 5.60. The summed E-state index contributed by atoms with van der Waals surface area (Å²) >= 11 is 0. The fraction of sp³-hybridized carbons (Fsp3) is 0.429. The molecule has 0 aliphatic carbocycles. The molecule has 3 heteroatoms. The van der Waals surface area contributed by atoms with Crippen LogP contribution >= 0.6 is 0 Å². The van der Waals surface area contributed by atoms with Crippen LogP contribution in [0.15, 0.2) is 49.1 Å². The summed E-state index contributed by atoms with van der Waals surface area (Å²) in [7, 11) is 0. The maximum absolute atomic E-state index is 5.60. The monoisotopic (exact) mass is 232 g/mol. The van der Waals surface area contributed by atoms with Crippen LogP contribution in [0.3, 0.4) is 0 Å². The van der Waals surface area contributed by atoms with Gasteiger partial charge in [0.1, 0.15) is 0 Å². The van der Waals surface area contributed by atoms with Crippen molar-refractivity contribution in [1.29, 1.82) is 0 Å². The highest BCUT2D eigenvalue weighted by atomic mass is 16.5. The molecular weight excluding hydrogens is 212 g/mol. The number of rotatable bonds is 8. The van der Waals surface area contributed by atoms with Crippen LogP contribution in [0, 0.1) is 0 Å². The number of aromatic nitrogens is 2. The van der Waals surface area contributed by atoms with Gasteiger partial charge in [-0.25, -0.2) is 0 Å². The molecule has 0 saturated heterocycles. The molecule has 17 heavy (non-hydrogen) atoms. The number of ether oxygens (including phenoxy) is 1. The quantitative estimate of drug-likeness (QED) is 0.640. The van der Waals surface area contributed by atoms with E-state index in [1.54, 1.807) is 0 Å². The van der Waals surface area contributed by atoms with Crippen LogP contribution < -0.4 is 0 Å². The lowest BCUT2D eigenvalue weighted by atomic mass is 10.4. The first-order chi connectivity index (χ1) is 8.45. The highest BCUT2D eigenvalue weighted by molar-refractivity contribution is 4.90. The van der Waals surface area contributed by atoms with E-state index in [4.69, 9.17) is 4.74 Å². The van der Waals surface area contributed by atoms with Crippen LogP contribution in [-0.4, -0.2) is 22.3 Å². The van der Waals surface area contributed by atoms with E-state index < -0.39 is 0 Å². The van der Waals surface area contributed by atoms with Gasteiger partial charge in [-0.3, -0.25) is 0 Å². The Morgan fingerprint density at radius 2 is 1.06 bits per heavy atom. The third-order valence-electron chi connectivity index (χ3n) is 2.74. The molecule has 92 valence electrons. The topological polar surface area (TPSA) is 19.1 Å². The average molecular weight is 232 g/mol. The van der Waals surface area contributed by atoms with Crippen LogP contribution in [0.4, 0.5) is 0 Å². The molecule has 2 aromatic heterocycles. The van der Waals surface area contributed by atoms with E-state index in [2.05, 4.69) is 58.2 Å². The van der Waals surface area contributed by atoms with Crippen molar-refractivity contribution >= 4 is 0 Å². The summed E-state index contributed by atoms with van der Waals surface area (Å²) in [4.78, 5) is 0. The minimum absolute atomic E-state index is 0.851. The van der Waals surface area contributed by atoms with Crippen LogP contribution in [0.1, 0.15) is 12.8 Å². The van der Waals surface area contributed by atoms with Crippen LogP contribution in [0.5, 0.6) is 0 Å². The summed E-state index contributed by atoms with van der Waals surface area (Å²) in [5.41, 5.74) is 0. The van der Waals surface area contributed by atoms with Gasteiger partial charge in [0.25, 0.3) is 0 Å². The van der Waals surface area contributed by atoms with E-state index in [9.17, 15) is 0 Å². The minimum atomic E-state index is 0.851. The molecule has 2 heterocycles. The summed E-state index contributed by atoms with van der Waals surface area (Å²) in [5.74, 6) is 0. The van der Waals surface area contributed by atoms with Crippen molar-refractivity contribution in [3.8, 4) is 0 Å². The van der Waals surface area contributed by atoms with Gasteiger partial charge >= 0.3 is 0 Å². The Kier molecular flexibility index (Phi) is 4.91. The molecule has 0 spiro atoms. The predicted molar refractivity (Wildman–Crippen MR) is 68.9 cm³/mol.